The van der Waals surface area contributed by atoms with Gasteiger partial charge in [-0.1, -0.05) is 23.7 Å². The minimum atomic E-state index is -4.14. The van der Waals surface area contributed by atoms with Crippen molar-refractivity contribution in [1.82, 2.24) is 14.5 Å². The van der Waals surface area contributed by atoms with Gasteiger partial charge < -0.3 is 4.57 Å². The maximum Gasteiger partial charge on any atom is 0.266 e. The van der Waals surface area contributed by atoms with Crippen molar-refractivity contribution in [2.45, 2.75) is 4.90 Å². The van der Waals surface area contributed by atoms with Gasteiger partial charge in [0.25, 0.3) is 10.0 Å². The maximum atomic E-state index is 13.7. The first kappa shape index (κ1) is 14.7. The van der Waals surface area contributed by atoms with Crippen LogP contribution in [0.15, 0.2) is 41.6 Å². The molecule has 0 aliphatic rings. The Labute approximate surface area is 130 Å². The Kier molecular flexibility index (Phi) is 3.50. The highest BCUT2D eigenvalue weighted by atomic mass is 35.5. The van der Waals surface area contributed by atoms with Crippen LogP contribution in [0.5, 0.6) is 0 Å². The van der Waals surface area contributed by atoms with Crippen LogP contribution in [0.1, 0.15) is 0 Å². The van der Waals surface area contributed by atoms with Crippen LogP contribution in [0.3, 0.4) is 0 Å². The van der Waals surface area contributed by atoms with Crippen LogP contribution >= 0.6 is 11.6 Å². The smallest absolute Gasteiger partial charge is 0.266 e. The van der Waals surface area contributed by atoms with E-state index in [1.165, 1.54) is 18.5 Å². The molecule has 1 N–H and O–H groups in total. The third kappa shape index (κ3) is 2.51. The number of pyridine rings is 1. The number of nitrogens with one attached hydrogen (secondary N) is 1. The molecular weight excluding hydrogens is 331 g/mol. The van der Waals surface area contributed by atoms with Crippen LogP contribution in [-0.2, 0) is 17.1 Å². The second-order valence-corrected chi connectivity index (χ2v) is 6.59. The van der Waals surface area contributed by atoms with E-state index in [-0.39, 0.29) is 11.0 Å². The fraction of sp³-hybridized carbons (Fsp3) is 0.0769. The first-order valence-corrected chi connectivity index (χ1v) is 7.99. The van der Waals surface area contributed by atoms with Crippen molar-refractivity contribution < 1.29 is 12.8 Å². The molecule has 0 amide bonds. The molecule has 6 nitrogen and oxygen atoms in total. The zero-order valence-electron chi connectivity index (χ0n) is 11.3. The molecule has 0 spiro atoms. The summed E-state index contributed by atoms with van der Waals surface area (Å²) in [6.07, 6.45) is 1.50. The van der Waals surface area contributed by atoms with Gasteiger partial charge in [-0.05, 0) is 12.1 Å². The van der Waals surface area contributed by atoms with Crippen molar-refractivity contribution in [1.29, 1.82) is 0 Å². The number of aromatic nitrogens is 3. The number of rotatable bonds is 3. The average Bonchev–Trinajstić information content (AvgIpc) is 2.80. The van der Waals surface area contributed by atoms with E-state index in [1.54, 1.807) is 17.7 Å². The fourth-order valence-electron chi connectivity index (χ4n) is 2.01. The third-order valence-corrected chi connectivity index (χ3v) is 4.60. The highest BCUT2D eigenvalue weighted by Gasteiger charge is 2.21. The molecule has 22 heavy (non-hydrogen) atoms. The largest absolute Gasteiger partial charge is 0.334 e. The van der Waals surface area contributed by atoms with E-state index in [0.29, 0.717) is 11.0 Å². The van der Waals surface area contributed by atoms with Crippen molar-refractivity contribution in [2.24, 2.45) is 7.05 Å². The van der Waals surface area contributed by atoms with E-state index in [2.05, 4.69) is 14.7 Å². The van der Waals surface area contributed by atoms with Gasteiger partial charge in [0.2, 0.25) is 0 Å². The molecule has 2 heterocycles. The normalized spacial score (nSPS) is 11.8. The summed E-state index contributed by atoms with van der Waals surface area (Å²) in [7, 11) is -2.40. The second kappa shape index (κ2) is 5.22. The highest BCUT2D eigenvalue weighted by molar-refractivity contribution is 7.92. The van der Waals surface area contributed by atoms with Crippen LogP contribution in [0, 0.1) is 5.82 Å². The van der Waals surface area contributed by atoms with Crippen LogP contribution in [0.4, 0.5) is 10.2 Å². The minimum Gasteiger partial charge on any atom is -0.334 e. The number of hydrogen-bond acceptors (Lipinski definition) is 4. The minimum absolute atomic E-state index is 0.0497. The fourth-order valence-corrected chi connectivity index (χ4v) is 3.29. The summed E-state index contributed by atoms with van der Waals surface area (Å²) in [6.45, 7) is 0. The van der Waals surface area contributed by atoms with Gasteiger partial charge in [-0.15, -0.1) is 0 Å². The van der Waals surface area contributed by atoms with E-state index in [1.807, 2.05) is 0 Å². The van der Waals surface area contributed by atoms with E-state index in [0.717, 1.165) is 12.1 Å². The number of imidazole rings is 1. The predicted octanol–water partition coefficient (Wildman–Crippen LogP) is 2.56. The number of anilines is 1. The van der Waals surface area contributed by atoms with E-state index in [9.17, 15) is 12.8 Å². The Balaban J connectivity index is 2.12. The van der Waals surface area contributed by atoms with Crippen molar-refractivity contribution in [3.63, 3.8) is 0 Å². The van der Waals surface area contributed by atoms with Crippen LogP contribution in [-0.4, -0.2) is 23.0 Å². The number of benzene rings is 1. The summed E-state index contributed by atoms with van der Waals surface area (Å²) < 4.78 is 42.2. The van der Waals surface area contributed by atoms with E-state index < -0.39 is 20.7 Å². The number of hydrogen-bond donors (Lipinski definition) is 1. The van der Waals surface area contributed by atoms with Crippen molar-refractivity contribution in [3.8, 4) is 0 Å². The summed E-state index contributed by atoms with van der Waals surface area (Å²) in [5, 5.41) is 0.0994. The molecule has 0 saturated heterocycles. The highest BCUT2D eigenvalue weighted by Crippen LogP contribution is 2.26. The van der Waals surface area contributed by atoms with Crippen molar-refractivity contribution in [2.75, 3.05) is 4.72 Å². The van der Waals surface area contributed by atoms with Gasteiger partial charge in [-0.2, -0.15) is 0 Å². The zero-order valence-corrected chi connectivity index (χ0v) is 12.9. The van der Waals surface area contributed by atoms with E-state index in [4.69, 9.17) is 11.6 Å². The maximum absolute atomic E-state index is 13.7. The molecule has 0 fully saturated rings. The van der Waals surface area contributed by atoms with Crippen LogP contribution in [0.2, 0.25) is 5.15 Å². The SMILES string of the molecule is Cn1cnc2c(NS(=O)(=O)c3ccccc3F)nc(Cl)cc21. The Morgan fingerprint density at radius 1 is 1.32 bits per heavy atom. The molecule has 1 aromatic carbocycles. The molecule has 3 aromatic rings. The van der Waals surface area contributed by atoms with Gasteiger partial charge in [0.1, 0.15) is 21.4 Å². The average molecular weight is 341 g/mol. The molecule has 0 unspecified atom stereocenters. The van der Waals surface area contributed by atoms with Gasteiger partial charge in [-0.25, -0.2) is 22.8 Å². The first-order chi connectivity index (χ1) is 10.4. The Morgan fingerprint density at radius 2 is 2.05 bits per heavy atom. The van der Waals surface area contributed by atoms with Gasteiger partial charge in [0, 0.05) is 13.1 Å². The molecule has 114 valence electrons. The summed E-state index contributed by atoms with van der Waals surface area (Å²) in [4.78, 5) is 7.54. The Morgan fingerprint density at radius 3 is 2.77 bits per heavy atom. The van der Waals surface area contributed by atoms with Gasteiger partial charge in [-0.3, -0.25) is 4.72 Å². The summed E-state index contributed by atoms with van der Waals surface area (Å²) >= 11 is 5.90. The Bertz CT molecular complexity index is 971. The molecule has 3 rings (SSSR count). The van der Waals surface area contributed by atoms with Crippen LogP contribution in [0.25, 0.3) is 11.0 Å². The standard InChI is InChI=1S/C13H10ClFN4O2S/c1-19-7-16-12-9(19)6-11(14)17-13(12)18-22(20,21)10-5-3-2-4-8(10)15/h2-7H,1H3,(H,17,18). The molecule has 9 heteroatoms. The van der Waals surface area contributed by atoms with Gasteiger partial charge in [0.05, 0.1) is 11.8 Å². The van der Waals surface area contributed by atoms with E-state index >= 15 is 0 Å². The quantitative estimate of drug-likeness (QED) is 0.743. The van der Waals surface area contributed by atoms with Crippen LogP contribution < -0.4 is 4.72 Å². The topological polar surface area (TPSA) is 76.9 Å². The lowest BCUT2D eigenvalue weighted by molar-refractivity contribution is 0.570. The molecule has 0 saturated carbocycles. The molecular formula is C13H10ClFN4O2S. The van der Waals surface area contributed by atoms with Crippen molar-refractivity contribution in [3.05, 3.63) is 47.6 Å². The zero-order chi connectivity index (χ0) is 15.9. The van der Waals surface area contributed by atoms with Gasteiger partial charge in [0.15, 0.2) is 5.82 Å². The summed E-state index contributed by atoms with van der Waals surface area (Å²) in [5.41, 5.74) is 0.929. The molecule has 0 aliphatic heterocycles. The molecule has 0 aliphatic carbocycles. The number of fused-ring (bicyclic) bond motifs is 1. The molecule has 0 atom stereocenters. The molecule has 0 bridgehead atoms. The molecule has 0 radical (unpaired) electrons. The first-order valence-electron chi connectivity index (χ1n) is 6.13. The number of aryl methyl sites for hydroxylation is 1. The third-order valence-electron chi connectivity index (χ3n) is 3.04. The lowest BCUT2D eigenvalue weighted by Gasteiger charge is -2.09. The summed E-state index contributed by atoms with van der Waals surface area (Å²) in [5.74, 6) is -0.902. The number of sulfonamides is 1. The molecule has 2 aromatic heterocycles. The summed E-state index contributed by atoms with van der Waals surface area (Å²) in [6, 6.07) is 6.63. The van der Waals surface area contributed by atoms with Crippen molar-refractivity contribution >= 4 is 38.5 Å². The Hall–Kier alpha value is -2.19. The number of nitrogens with zero attached hydrogens (tertiary/aromatic N) is 3. The number of halogens is 2. The lowest BCUT2D eigenvalue weighted by atomic mass is 10.3. The lowest BCUT2D eigenvalue weighted by Crippen LogP contribution is -2.15. The van der Waals surface area contributed by atoms with Gasteiger partial charge >= 0.3 is 0 Å². The second-order valence-electron chi connectivity index (χ2n) is 4.55. The predicted molar refractivity (Wildman–Crippen MR) is 80.7 cm³/mol. The monoisotopic (exact) mass is 340 g/mol.